The molecule has 3 nitrogen and oxygen atoms in total. The first-order valence-corrected chi connectivity index (χ1v) is 6.35. The molecule has 0 unspecified atom stereocenters. The van der Waals surface area contributed by atoms with E-state index in [9.17, 15) is 0 Å². The number of aromatic nitrogens is 1. The standard InChI is InChI=1S/C12H12N2OS2/c1-15-9-4-2-8(3-5-9)6-11-14-10(7-17-11)12(13)16/h2-5,7H,6H2,1H3,(H2,13,16). The summed E-state index contributed by atoms with van der Waals surface area (Å²) >= 11 is 6.45. The minimum Gasteiger partial charge on any atom is -0.497 e. The Hall–Kier alpha value is -1.46. The Morgan fingerprint density at radius 1 is 1.41 bits per heavy atom. The van der Waals surface area contributed by atoms with Gasteiger partial charge in [-0.05, 0) is 17.7 Å². The van der Waals surface area contributed by atoms with Crippen LogP contribution in [0.1, 0.15) is 16.3 Å². The first-order chi connectivity index (χ1) is 8.19. The van der Waals surface area contributed by atoms with Gasteiger partial charge in [0, 0.05) is 11.8 Å². The molecule has 5 heteroatoms. The zero-order chi connectivity index (χ0) is 12.3. The van der Waals surface area contributed by atoms with Crippen LogP contribution in [0.5, 0.6) is 5.75 Å². The van der Waals surface area contributed by atoms with Gasteiger partial charge in [-0.3, -0.25) is 0 Å². The Morgan fingerprint density at radius 3 is 2.65 bits per heavy atom. The average Bonchev–Trinajstić information content (AvgIpc) is 2.79. The van der Waals surface area contributed by atoms with Gasteiger partial charge in [-0.2, -0.15) is 0 Å². The summed E-state index contributed by atoms with van der Waals surface area (Å²) in [4.78, 5) is 4.72. The first kappa shape index (κ1) is 12.0. The van der Waals surface area contributed by atoms with Crippen LogP contribution in [-0.2, 0) is 6.42 Å². The molecule has 88 valence electrons. The Morgan fingerprint density at radius 2 is 2.12 bits per heavy atom. The molecule has 0 spiro atoms. The van der Waals surface area contributed by atoms with Crippen LogP contribution < -0.4 is 10.5 Å². The number of methoxy groups -OCH3 is 1. The van der Waals surface area contributed by atoms with E-state index in [1.807, 2.05) is 29.6 Å². The van der Waals surface area contributed by atoms with E-state index in [1.54, 1.807) is 18.4 Å². The molecule has 2 rings (SSSR count). The molecule has 0 saturated heterocycles. The summed E-state index contributed by atoms with van der Waals surface area (Å²) in [5.74, 6) is 0.858. The first-order valence-electron chi connectivity index (χ1n) is 5.06. The van der Waals surface area contributed by atoms with Crippen LogP contribution in [0.2, 0.25) is 0 Å². The zero-order valence-electron chi connectivity index (χ0n) is 9.34. The summed E-state index contributed by atoms with van der Waals surface area (Å²) in [6.07, 6.45) is 0.789. The minimum absolute atomic E-state index is 0.349. The maximum absolute atomic E-state index is 5.52. The molecule has 0 bridgehead atoms. The molecule has 0 atom stereocenters. The monoisotopic (exact) mass is 264 g/mol. The lowest BCUT2D eigenvalue weighted by Crippen LogP contribution is -2.09. The van der Waals surface area contributed by atoms with Crippen LogP contribution in [0.4, 0.5) is 0 Å². The van der Waals surface area contributed by atoms with Crippen molar-refractivity contribution in [1.29, 1.82) is 0 Å². The van der Waals surface area contributed by atoms with Gasteiger partial charge in [0.15, 0.2) is 0 Å². The third-order valence-corrected chi connectivity index (χ3v) is 3.38. The van der Waals surface area contributed by atoms with Crippen LogP contribution >= 0.6 is 23.6 Å². The molecule has 0 amide bonds. The largest absolute Gasteiger partial charge is 0.497 e. The Labute approximate surface area is 109 Å². The van der Waals surface area contributed by atoms with Crippen LogP contribution in [-0.4, -0.2) is 17.1 Å². The summed E-state index contributed by atoms with van der Waals surface area (Å²) in [6, 6.07) is 7.94. The van der Waals surface area contributed by atoms with E-state index in [0.29, 0.717) is 10.7 Å². The second kappa shape index (κ2) is 5.25. The van der Waals surface area contributed by atoms with Gasteiger partial charge in [0.2, 0.25) is 0 Å². The highest BCUT2D eigenvalue weighted by Gasteiger charge is 2.05. The summed E-state index contributed by atoms with van der Waals surface area (Å²) in [5.41, 5.74) is 7.41. The summed E-state index contributed by atoms with van der Waals surface area (Å²) in [5, 5.41) is 2.90. The Balaban J connectivity index is 2.11. The molecule has 1 aromatic heterocycles. The van der Waals surface area contributed by atoms with E-state index in [4.69, 9.17) is 22.7 Å². The van der Waals surface area contributed by atoms with Gasteiger partial charge in [-0.15, -0.1) is 11.3 Å². The molecule has 0 aliphatic rings. The van der Waals surface area contributed by atoms with Gasteiger partial charge in [0.25, 0.3) is 0 Å². The van der Waals surface area contributed by atoms with Crippen LogP contribution in [0.15, 0.2) is 29.6 Å². The van der Waals surface area contributed by atoms with Gasteiger partial charge in [0.05, 0.1) is 12.1 Å². The van der Waals surface area contributed by atoms with E-state index in [-0.39, 0.29) is 0 Å². The fraction of sp³-hybridized carbons (Fsp3) is 0.167. The zero-order valence-corrected chi connectivity index (χ0v) is 11.0. The second-order valence-corrected chi connectivity index (χ2v) is 4.90. The number of ether oxygens (including phenoxy) is 1. The number of hydrogen-bond acceptors (Lipinski definition) is 4. The quantitative estimate of drug-likeness (QED) is 0.861. The predicted octanol–water partition coefficient (Wildman–Crippen LogP) is 2.38. The highest BCUT2D eigenvalue weighted by atomic mass is 32.1. The van der Waals surface area contributed by atoms with Gasteiger partial charge in [0.1, 0.15) is 16.4 Å². The smallest absolute Gasteiger partial charge is 0.123 e. The number of thiocarbonyl (C=S) groups is 1. The number of hydrogen-bond donors (Lipinski definition) is 1. The fourth-order valence-corrected chi connectivity index (χ4v) is 2.43. The predicted molar refractivity (Wildman–Crippen MR) is 73.8 cm³/mol. The maximum atomic E-state index is 5.52. The number of nitrogens with zero attached hydrogens (tertiary/aromatic N) is 1. The van der Waals surface area contributed by atoms with Crippen LogP contribution in [0, 0.1) is 0 Å². The third kappa shape index (κ3) is 3.01. The minimum atomic E-state index is 0.349. The highest BCUT2D eigenvalue weighted by Crippen LogP contribution is 2.17. The lowest BCUT2D eigenvalue weighted by atomic mass is 10.1. The van der Waals surface area contributed by atoms with E-state index < -0.39 is 0 Å². The van der Waals surface area contributed by atoms with E-state index in [1.165, 1.54) is 5.56 Å². The van der Waals surface area contributed by atoms with Crippen molar-refractivity contribution < 1.29 is 4.74 Å². The van der Waals surface area contributed by atoms with Crippen molar-refractivity contribution in [3.8, 4) is 5.75 Å². The summed E-state index contributed by atoms with van der Waals surface area (Å²) in [6.45, 7) is 0. The Bertz CT molecular complexity index is 520. The second-order valence-electron chi connectivity index (χ2n) is 3.52. The molecule has 17 heavy (non-hydrogen) atoms. The molecular weight excluding hydrogens is 252 g/mol. The lowest BCUT2D eigenvalue weighted by Gasteiger charge is -2.01. The van der Waals surface area contributed by atoms with Crippen LogP contribution in [0.25, 0.3) is 0 Å². The van der Waals surface area contributed by atoms with Crippen molar-refractivity contribution in [2.45, 2.75) is 6.42 Å². The molecule has 1 heterocycles. The Kier molecular flexibility index (Phi) is 3.71. The molecule has 0 saturated carbocycles. The van der Waals surface area contributed by atoms with E-state index in [0.717, 1.165) is 17.2 Å². The fourth-order valence-electron chi connectivity index (χ4n) is 1.42. The molecule has 2 N–H and O–H groups in total. The molecule has 0 aliphatic carbocycles. The highest BCUT2D eigenvalue weighted by molar-refractivity contribution is 7.80. The lowest BCUT2D eigenvalue weighted by molar-refractivity contribution is 0.414. The van der Waals surface area contributed by atoms with Gasteiger partial charge < -0.3 is 10.5 Å². The molecule has 0 radical (unpaired) electrons. The topological polar surface area (TPSA) is 48.1 Å². The summed E-state index contributed by atoms with van der Waals surface area (Å²) < 4.78 is 5.11. The average molecular weight is 264 g/mol. The molecule has 1 aromatic carbocycles. The number of thiazole rings is 1. The van der Waals surface area contributed by atoms with Gasteiger partial charge in [-0.25, -0.2) is 4.98 Å². The van der Waals surface area contributed by atoms with Crippen molar-refractivity contribution >= 4 is 28.5 Å². The van der Waals surface area contributed by atoms with E-state index >= 15 is 0 Å². The number of benzene rings is 1. The molecular formula is C12H12N2OS2. The van der Waals surface area contributed by atoms with E-state index in [2.05, 4.69) is 4.98 Å². The normalized spacial score (nSPS) is 10.2. The van der Waals surface area contributed by atoms with Crippen molar-refractivity contribution in [2.24, 2.45) is 5.73 Å². The number of nitrogens with two attached hydrogens (primary N) is 1. The van der Waals surface area contributed by atoms with Crippen molar-refractivity contribution in [3.63, 3.8) is 0 Å². The SMILES string of the molecule is COc1ccc(Cc2nc(C(N)=S)cs2)cc1. The molecule has 2 aromatic rings. The third-order valence-electron chi connectivity index (χ3n) is 2.32. The number of rotatable bonds is 4. The van der Waals surface area contributed by atoms with Crippen molar-refractivity contribution in [1.82, 2.24) is 4.98 Å². The maximum Gasteiger partial charge on any atom is 0.123 e. The molecule has 0 aliphatic heterocycles. The summed E-state index contributed by atoms with van der Waals surface area (Å²) in [7, 11) is 1.66. The van der Waals surface area contributed by atoms with Crippen molar-refractivity contribution in [2.75, 3.05) is 7.11 Å². The van der Waals surface area contributed by atoms with Gasteiger partial charge >= 0.3 is 0 Å². The van der Waals surface area contributed by atoms with Crippen LogP contribution in [0.3, 0.4) is 0 Å². The van der Waals surface area contributed by atoms with Crippen molar-refractivity contribution in [3.05, 3.63) is 45.9 Å². The van der Waals surface area contributed by atoms with Gasteiger partial charge in [-0.1, -0.05) is 24.4 Å². The molecule has 0 fully saturated rings.